The van der Waals surface area contributed by atoms with E-state index in [0.717, 1.165) is 5.56 Å². The molecule has 1 fully saturated rings. The monoisotopic (exact) mass is 552 g/mol. The first kappa shape index (κ1) is 28.8. The molecule has 0 aromatic heterocycles. The van der Waals surface area contributed by atoms with Crippen LogP contribution in [0.4, 0.5) is 10.5 Å². The van der Waals surface area contributed by atoms with Gasteiger partial charge in [0.25, 0.3) is 5.91 Å². The maximum atomic E-state index is 12.9. The van der Waals surface area contributed by atoms with Crippen LogP contribution in [0.5, 0.6) is 11.5 Å². The fourth-order valence-corrected chi connectivity index (χ4v) is 4.14. The second-order valence-electron chi connectivity index (χ2n) is 9.40. The molecule has 2 N–H and O–H groups in total. The molecule has 12 nitrogen and oxygen atoms in total. The Morgan fingerprint density at radius 1 is 1.07 bits per heavy atom. The summed E-state index contributed by atoms with van der Waals surface area (Å²) in [6, 6.07) is 14.2. The van der Waals surface area contributed by atoms with Crippen LogP contribution in [0.1, 0.15) is 25.3 Å². The van der Waals surface area contributed by atoms with E-state index in [2.05, 4.69) is 15.7 Å². The molecule has 0 spiro atoms. The molecule has 0 bridgehead atoms. The van der Waals surface area contributed by atoms with E-state index < -0.39 is 6.09 Å². The molecule has 2 aromatic rings. The second-order valence-corrected chi connectivity index (χ2v) is 9.40. The lowest BCUT2D eigenvalue weighted by Crippen LogP contribution is -2.54. The Balaban J connectivity index is 1.42. The van der Waals surface area contributed by atoms with Gasteiger partial charge in [-0.15, -0.1) is 0 Å². The van der Waals surface area contributed by atoms with E-state index in [0.29, 0.717) is 76.0 Å². The first-order valence-corrected chi connectivity index (χ1v) is 13.4. The Morgan fingerprint density at radius 3 is 2.60 bits per heavy atom. The zero-order chi connectivity index (χ0) is 28.3. The summed E-state index contributed by atoms with van der Waals surface area (Å²) in [5.41, 5.74) is 4.37. The van der Waals surface area contributed by atoms with Crippen molar-refractivity contribution in [1.29, 1.82) is 0 Å². The summed E-state index contributed by atoms with van der Waals surface area (Å²) in [5.74, 6) is 1.08. The lowest BCUT2D eigenvalue weighted by Gasteiger charge is -2.32. The molecule has 1 saturated heterocycles. The summed E-state index contributed by atoms with van der Waals surface area (Å²) in [7, 11) is 1.78. The molecule has 0 atom stereocenters. The number of para-hydroxylation sites is 1. The van der Waals surface area contributed by atoms with Crippen molar-refractivity contribution in [3.8, 4) is 11.5 Å². The van der Waals surface area contributed by atoms with Crippen LogP contribution in [0, 0.1) is 0 Å². The predicted molar refractivity (Wildman–Crippen MR) is 148 cm³/mol. The number of morpholine rings is 1. The number of benzene rings is 2. The molecule has 2 aliphatic rings. The summed E-state index contributed by atoms with van der Waals surface area (Å²) >= 11 is 0. The lowest BCUT2D eigenvalue weighted by atomic mass is 10.1. The number of fused-ring (bicyclic) bond motifs is 1. The van der Waals surface area contributed by atoms with Crippen molar-refractivity contribution >= 4 is 29.6 Å². The SMILES string of the molecule is CCN(C)C(=O)CCCOc1ccc2c(c1)CN(CC(=O)NN1CCOCC1)C(NC(=O)Oc1ccccc1)=N2. The highest BCUT2D eigenvalue weighted by atomic mass is 16.6. The number of carbonyl (C=O) groups excluding carboxylic acids is 3. The number of carbonyl (C=O) groups is 3. The van der Waals surface area contributed by atoms with E-state index >= 15 is 0 Å². The summed E-state index contributed by atoms with van der Waals surface area (Å²) in [6.07, 6.45) is 0.305. The Morgan fingerprint density at radius 2 is 1.85 bits per heavy atom. The molecule has 0 radical (unpaired) electrons. The summed E-state index contributed by atoms with van der Waals surface area (Å²) < 4.78 is 16.6. The van der Waals surface area contributed by atoms with Gasteiger partial charge in [0.15, 0.2) is 0 Å². The zero-order valence-electron chi connectivity index (χ0n) is 22.9. The number of hydrogen-bond acceptors (Lipinski definition) is 9. The maximum Gasteiger partial charge on any atom is 0.419 e. The van der Waals surface area contributed by atoms with Gasteiger partial charge in [0.1, 0.15) is 18.0 Å². The van der Waals surface area contributed by atoms with Crippen molar-refractivity contribution in [2.45, 2.75) is 26.3 Å². The average Bonchev–Trinajstić information content (AvgIpc) is 2.96. The number of amides is 3. The highest BCUT2D eigenvalue weighted by molar-refractivity contribution is 5.98. The molecule has 2 aromatic carbocycles. The fourth-order valence-electron chi connectivity index (χ4n) is 4.14. The topological polar surface area (TPSA) is 125 Å². The highest BCUT2D eigenvalue weighted by Crippen LogP contribution is 2.29. The molecule has 2 aliphatic heterocycles. The Hall–Kier alpha value is -4.16. The minimum atomic E-state index is -0.713. The molecule has 2 heterocycles. The van der Waals surface area contributed by atoms with Gasteiger partial charge >= 0.3 is 6.09 Å². The number of rotatable bonds is 10. The Bertz CT molecular complexity index is 1200. The number of hydrogen-bond donors (Lipinski definition) is 2. The normalized spacial score (nSPS) is 14.9. The third kappa shape index (κ3) is 8.42. The summed E-state index contributed by atoms with van der Waals surface area (Å²) in [5, 5.41) is 4.49. The van der Waals surface area contributed by atoms with Crippen LogP contribution in [0.3, 0.4) is 0 Å². The molecule has 4 rings (SSSR count). The minimum absolute atomic E-state index is 0.0423. The number of hydrazine groups is 1. The van der Waals surface area contributed by atoms with Crippen LogP contribution >= 0.6 is 0 Å². The second kappa shape index (κ2) is 14.3. The van der Waals surface area contributed by atoms with Gasteiger partial charge in [-0.3, -0.25) is 20.3 Å². The summed E-state index contributed by atoms with van der Waals surface area (Å²) in [6.45, 7) is 5.56. The largest absolute Gasteiger partial charge is 0.494 e. The molecule has 214 valence electrons. The summed E-state index contributed by atoms with van der Waals surface area (Å²) in [4.78, 5) is 45.5. The number of nitrogens with zero attached hydrogens (tertiary/aromatic N) is 4. The quantitative estimate of drug-likeness (QED) is 0.430. The van der Waals surface area contributed by atoms with E-state index in [4.69, 9.17) is 14.2 Å². The number of ether oxygens (including phenoxy) is 3. The van der Waals surface area contributed by atoms with Gasteiger partial charge in [-0.2, -0.15) is 0 Å². The van der Waals surface area contributed by atoms with Gasteiger partial charge in [0.05, 0.1) is 25.5 Å². The standard InChI is InChI=1S/C28H36N6O6/c1-3-32(2)26(36)10-7-15-39-23-11-12-24-21(18-23)19-33(20-25(35)31-34-13-16-38-17-14-34)27(29-24)30-28(37)40-22-8-5-4-6-9-22/h4-6,8-9,11-12,18H,3,7,10,13-17,19-20H2,1-2H3,(H,31,35)(H,29,30,37). The van der Waals surface area contributed by atoms with Crippen molar-refractivity contribution in [2.75, 3.05) is 53.0 Å². The van der Waals surface area contributed by atoms with Crippen LogP contribution in [0.25, 0.3) is 0 Å². The lowest BCUT2D eigenvalue weighted by molar-refractivity contribution is -0.130. The van der Waals surface area contributed by atoms with Crippen molar-refractivity contribution in [2.24, 2.45) is 4.99 Å². The van der Waals surface area contributed by atoms with Gasteiger partial charge in [-0.1, -0.05) is 18.2 Å². The number of guanidine groups is 1. The van der Waals surface area contributed by atoms with Gasteiger partial charge in [-0.25, -0.2) is 14.8 Å². The van der Waals surface area contributed by atoms with Crippen LogP contribution < -0.4 is 20.2 Å². The molecule has 12 heteroatoms. The van der Waals surface area contributed by atoms with E-state index in [1.165, 1.54) is 0 Å². The first-order valence-electron chi connectivity index (χ1n) is 13.4. The Labute approximate surface area is 233 Å². The van der Waals surface area contributed by atoms with Gasteiger partial charge in [-0.05, 0) is 43.7 Å². The van der Waals surface area contributed by atoms with Gasteiger partial charge < -0.3 is 24.0 Å². The fraction of sp³-hybridized carbons (Fsp3) is 0.429. The van der Waals surface area contributed by atoms with Crippen molar-refractivity contribution in [3.63, 3.8) is 0 Å². The number of nitrogens with one attached hydrogen (secondary N) is 2. The van der Waals surface area contributed by atoms with E-state index in [1.807, 2.05) is 24.1 Å². The minimum Gasteiger partial charge on any atom is -0.494 e. The smallest absolute Gasteiger partial charge is 0.419 e. The molecule has 0 saturated carbocycles. The molecular weight excluding hydrogens is 516 g/mol. The predicted octanol–water partition coefficient (Wildman–Crippen LogP) is 2.28. The molecule has 0 aliphatic carbocycles. The van der Waals surface area contributed by atoms with Crippen molar-refractivity contribution < 1.29 is 28.6 Å². The molecule has 0 unspecified atom stereocenters. The number of aliphatic imine (C=N–C) groups is 1. The van der Waals surface area contributed by atoms with E-state index in [-0.39, 0.29) is 24.3 Å². The molecular formula is C28H36N6O6. The van der Waals surface area contributed by atoms with E-state index in [1.54, 1.807) is 53.2 Å². The third-order valence-corrected chi connectivity index (χ3v) is 6.44. The van der Waals surface area contributed by atoms with Crippen LogP contribution in [0.2, 0.25) is 0 Å². The van der Waals surface area contributed by atoms with Crippen LogP contribution in [-0.2, 0) is 20.9 Å². The maximum absolute atomic E-state index is 12.9. The zero-order valence-corrected chi connectivity index (χ0v) is 22.9. The van der Waals surface area contributed by atoms with E-state index in [9.17, 15) is 14.4 Å². The van der Waals surface area contributed by atoms with Crippen LogP contribution in [-0.4, -0.2) is 91.7 Å². The Kier molecular flexibility index (Phi) is 10.3. The van der Waals surface area contributed by atoms with Crippen LogP contribution in [0.15, 0.2) is 53.5 Å². The average molecular weight is 553 g/mol. The molecule has 40 heavy (non-hydrogen) atoms. The third-order valence-electron chi connectivity index (χ3n) is 6.44. The van der Waals surface area contributed by atoms with Crippen molar-refractivity contribution in [3.05, 3.63) is 54.1 Å². The molecule has 3 amide bonds. The first-order chi connectivity index (χ1) is 19.4. The van der Waals surface area contributed by atoms with Crippen molar-refractivity contribution in [1.82, 2.24) is 25.6 Å². The van der Waals surface area contributed by atoms with Gasteiger partial charge in [0.2, 0.25) is 11.9 Å². The highest BCUT2D eigenvalue weighted by Gasteiger charge is 2.26. The van der Waals surface area contributed by atoms with Gasteiger partial charge in [0, 0.05) is 45.2 Å².